The van der Waals surface area contributed by atoms with Crippen LogP contribution in [0.15, 0.2) is 111 Å². The fraction of sp³-hybridized carbons (Fsp3) is 0.0370. The van der Waals surface area contributed by atoms with Crippen LogP contribution in [0.25, 0.3) is 22.2 Å². The highest BCUT2D eigenvalue weighted by Gasteiger charge is 2.12. The van der Waals surface area contributed by atoms with Crippen molar-refractivity contribution in [3.05, 3.63) is 119 Å². The lowest BCUT2D eigenvalue weighted by Gasteiger charge is -2.05. The summed E-state index contributed by atoms with van der Waals surface area (Å²) in [5, 5.41) is 5.25. The lowest BCUT2D eigenvalue weighted by Crippen LogP contribution is -2.16. The zero-order chi connectivity index (χ0) is 22.6. The molecule has 0 saturated heterocycles. The summed E-state index contributed by atoms with van der Waals surface area (Å²) in [5.74, 6) is 0.430. The van der Waals surface area contributed by atoms with Gasteiger partial charge in [0.25, 0.3) is 0 Å². The number of rotatable bonds is 6. The summed E-state index contributed by atoms with van der Waals surface area (Å²) in [6, 6.07) is 29.6. The van der Waals surface area contributed by atoms with Crippen LogP contribution in [0.4, 0.5) is 0 Å². The maximum Gasteiger partial charge on any atom is 0.307 e. The summed E-state index contributed by atoms with van der Waals surface area (Å²) in [4.78, 5) is 12.5. The minimum atomic E-state index is -0.400. The van der Waals surface area contributed by atoms with E-state index in [0.717, 1.165) is 33.0 Å². The van der Waals surface area contributed by atoms with E-state index in [1.807, 2.05) is 60.8 Å². The number of benzene rings is 3. The van der Waals surface area contributed by atoms with Gasteiger partial charge >= 0.3 is 5.91 Å². The SMILES string of the molecule is O=C(N/N=C/c1cn(Cc2ccccc2)c2ccccc12)c1ccc(-c2ccc(Br)cc2)o1. The number of carbonyl (C=O) groups excluding carboxylic acids is 1. The molecule has 0 fully saturated rings. The lowest BCUT2D eigenvalue weighted by molar-refractivity contribution is 0.0928. The second-order valence-corrected chi connectivity index (χ2v) is 8.50. The molecule has 0 spiro atoms. The Kier molecular flexibility index (Phi) is 5.91. The van der Waals surface area contributed by atoms with Gasteiger partial charge in [-0.2, -0.15) is 5.10 Å². The van der Waals surface area contributed by atoms with Crippen molar-refractivity contribution in [1.82, 2.24) is 9.99 Å². The van der Waals surface area contributed by atoms with Crippen LogP contribution in [0, 0.1) is 0 Å². The molecule has 0 unspecified atom stereocenters. The van der Waals surface area contributed by atoms with Gasteiger partial charge < -0.3 is 8.98 Å². The van der Waals surface area contributed by atoms with Gasteiger partial charge in [0.2, 0.25) is 0 Å². The van der Waals surface area contributed by atoms with Gasteiger partial charge in [0.15, 0.2) is 5.76 Å². The third-order valence-corrected chi connectivity index (χ3v) is 5.87. The molecular formula is C27H20BrN3O2. The van der Waals surface area contributed by atoms with Crippen molar-refractivity contribution in [2.24, 2.45) is 5.10 Å². The third kappa shape index (κ3) is 4.66. The van der Waals surface area contributed by atoms with E-state index in [2.05, 4.69) is 55.3 Å². The number of nitrogens with one attached hydrogen (secondary N) is 1. The number of amides is 1. The first-order valence-electron chi connectivity index (χ1n) is 10.5. The van der Waals surface area contributed by atoms with Crippen molar-refractivity contribution < 1.29 is 9.21 Å². The Morgan fingerprint density at radius 3 is 2.52 bits per heavy atom. The molecule has 0 radical (unpaired) electrons. The van der Waals surface area contributed by atoms with Crippen LogP contribution in [0.2, 0.25) is 0 Å². The van der Waals surface area contributed by atoms with E-state index in [0.29, 0.717) is 5.76 Å². The van der Waals surface area contributed by atoms with E-state index in [1.54, 1.807) is 18.3 Å². The normalized spacial score (nSPS) is 11.3. The number of fused-ring (bicyclic) bond motifs is 1. The predicted molar refractivity (Wildman–Crippen MR) is 134 cm³/mol. The van der Waals surface area contributed by atoms with E-state index in [-0.39, 0.29) is 5.76 Å². The van der Waals surface area contributed by atoms with E-state index in [4.69, 9.17) is 4.42 Å². The summed E-state index contributed by atoms with van der Waals surface area (Å²) in [7, 11) is 0. The van der Waals surface area contributed by atoms with Crippen LogP contribution < -0.4 is 5.43 Å². The Bertz CT molecular complexity index is 1430. The van der Waals surface area contributed by atoms with Gasteiger partial charge in [0.05, 0.1) is 6.21 Å². The Labute approximate surface area is 199 Å². The van der Waals surface area contributed by atoms with Crippen LogP contribution in [0.1, 0.15) is 21.7 Å². The smallest absolute Gasteiger partial charge is 0.307 e. The average Bonchev–Trinajstić information content (AvgIpc) is 3.47. The van der Waals surface area contributed by atoms with Crippen molar-refractivity contribution in [2.45, 2.75) is 6.54 Å². The molecule has 1 amide bonds. The summed E-state index contributed by atoms with van der Waals surface area (Å²) < 4.78 is 8.88. The highest BCUT2D eigenvalue weighted by molar-refractivity contribution is 9.10. The Balaban J connectivity index is 1.32. The van der Waals surface area contributed by atoms with Crippen LogP contribution in [-0.4, -0.2) is 16.7 Å². The Morgan fingerprint density at radius 2 is 1.70 bits per heavy atom. The van der Waals surface area contributed by atoms with Gasteiger partial charge in [-0.25, -0.2) is 5.43 Å². The lowest BCUT2D eigenvalue weighted by atomic mass is 10.2. The van der Waals surface area contributed by atoms with E-state index < -0.39 is 5.91 Å². The highest BCUT2D eigenvalue weighted by Crippen LogP contribution is 2.24. The molecule has 2 heterocycles. The molecule has 5 aromatic rings. The van der Waals surface area contributed by atoms with E-state index in [1.165, 1.54) is 5.56 Å². The first-order valence-corrected chi connectivity index (χ1v) is 11.3. The van der Waals surface area contributed by atoms with Gasteiger partial charge in [-0.15, -0.1) is 0 Å². The zero-order valence-electron chi connectivity index (χ0n) is 17.6. The minimum Gasteiger partial charge on any atom is -0.451 e. The van der Waals surface area contributed by atoms with Gasteiger partial charge in [-0.05, 0) is 35.9 Å². The van der Waals surface area contributed by atoms with Crippen LogP contribution >= 0.6 is 15.9 Å². The standard InChI is InChI=1S/C27H20BrN3O2/c28-22-12-10-20(11-13-22)25-14-15-26(33-25)27(32)30-29-16-21-18-31(17-19-6-2-1-3-7-19)24-9-5-4-8-23(21)24/h1-16,18H,17H2,(H,30,32)/b29-16+. The second kappa shape index (κ2) is 9.30. The van der Waals surface area contributed by atoms with Gasteiger partial charge in [0.1, 0.15) is 5.76 Å². The zero-order valence-corrected chi connectivity index (χ0v) is 19.2. The maximum atomic E-state index is 12.5. The quantitative estimate of drug-likeness (QED) is 0.215. The molecule has 5 rings (SSSR count). The molecule has 0 saturated carbocycles. The molecule has 0 aliphatic rings. The highest BCUT2D eigenvalue weighted by atomic mass is 79.9. The molecule has 33 heavy (non-hydrogen) atoms. The maximum absolute atomic E-state index is 12.5. The van der Waals surface area contributed by atoms with Crippen LogP contribution in [0.5, 0.6) is 0 Å². The first-order chi connectivity index (χ1) is 16.2. The monoisotopic (exact) mass is 497 g/mol. The summed E-state index contributed by atoms with van der Waals surface area (Å²) in [6.45, 7) is 0.757. The number of nitrogens with zero attached hydrogens (tertiary/aromatic N) is 2. The summed E-state index contributed by atoms with van der Waals surface area (Å²) in [6.07, 6.45) is 3.71. The van der Waals surface area contributed by atoms with Gasteiger partial charge in [0, 0.05) is 39.2 Å². The molecule has 162 valence electrons. The molecule has 0 bridgehead atoms. The summed E-state index contributed by atoms with van der Waals surface area (Å²) in [5.41, 5.74) is 6.72. The Hall–Kier alpha value is -3.90. The largest absolute Gasteiger partial charge is 0.451 e. The average molecular weight is 498 g/mol. The molecular weight excluding hydrogens is 478 g/mol. The fourth-order valence-electron chi connectivity index (χ4n) is 3.73. The van der Waals surface area contributed by atoms with Gasteiger partial charge in [-0.1, -0.05) is 76.6 Å². The predicted octanol–water partition coefficient (Wildman–Crippen LogP) is 6.48. The van der Waals surface area contributed by atoms with Crippen molar-refractivity contribution in [3.8, 4) is 11.3 Å². The topological polar surface area (TPSA) is 59.5 Å². The fourth-order valence-corrected chi connectivity index (χ4v) is 4.00. The van der Waals surface area contributed by atoms with Crippen LogP contribution in [-0.2, 0) is 6.54 Å². The number of halogens is 1. The molecule has 3 aromatic carbocycles. The molecule has 0 atom stereocenters. The molecule has 0 aliphatic carbocycles. The molecule has 0 aliphatic heterocycles. The van der Waals surface area contributed by atoms with E-state index in [9.17, 15) is 4.79 Å². The first kappa shape index (κ1) is 21.0. The number of hydrazone groups is 1. The van der Waals surface area contributed by atoms with Gasteiger partial charge in [-0.3, -0.25) is 4.79 Å². The number of carbonyl (C=O) groups is 1. The number of furan rings is 1. The third-order valence-electron chi connectivity index (χ3n) is 5.34. The molecule has 2 aromatic heterocycles. The van der Waals surface area contributed by atoms with E-state index >= 15 is 0 Å². The van der Waals surface area contributed by atoms with Crippen molar-refractivity contribution in [1.29, 1.82) is 0 Å². The molecule has 1 N–H and O–H groups in total. The summed E-state index contributed by atoms with van der Waals surface area (Å²) >= 11 is 3.41. The second-order valence-electron chi connectivity index (χ2n) is 7.59. The van der Waals surface area contributed by atoms with Crippen LogP contribution in [0.3, 0.4) is 0 Å². The van der Waals surface area contributed by atoms with Crippen molar-refractivity contribution >= 4 is 39.0 Å². The number of hydrogen-bond acceptors (Lipinski definition) is 3. The number of aromatic nitrogens is 1. The molecule has 5 nitrogen and oxygen atoms in total. The number of para-hydroxylation sites is 1. The minimum absolute atomic E-state index is 0.205. The molecule has 6 heteroatoms. The van der Waals surface area contributed by atoms with Crippen molar-refractivity contribution in [3.63, 3.8) is 0 Å². The number of hydrogen-bond donors (Lipinski definition) is 1. The van der Waals surface area contributed by atoms with Crippen molar-refractivity contribution in [2.75, 3.05) is 0 Å². The Morgan fingerprint density at radius 1 is 0.939 bits per heavy atom.